The van der Waals surface area contributed by atoms with Crippen molar-refractivity contribution in [2.24, 2.45) is 0 Å². The molecule has 0 saturated heterocycles. The number of fused-ring (bicyclic) bond motifs is 1. The Balaban J connectivity index is 1.81. The molecule has 0 radical (unpaired) electrons. The van der Waals surface area contributed by atoms with Crippen LogP contribution in [0.5, 0.6) is 0 Å². The minimum Gasteiger partial charge on any atom is -0.384 e. The van der Waals surface area contributed by atoms with Gasteiger partial charge in [-0.1, -0.05) is 59.6 Å². The molecule has 0 aliphatic rings. The molecule has 124 valence electrons. The molecule has 2 aromatic carbocycles. The summed E-state index contributed by atoms with van der Waals surface area (Å²) in [6.45, 7) is 2.02. The second-order valence-electron chi connectivity index (χ2n) is 6.01. The highest BCUT2D eigenvalue weighted by Gasteiger charge is 2.15. The largest absolute Gasteiger partial charge is 0.384 e. The number of halogens is 1. The van der Waals surface area contributed by atoms with Crippen LogP contribution in [-0.2, 0) is 0 Å². The van der Waals surface area contributed by atoms with E-state index in [0.29, 0.717) is 16.5 Å². The molecule has 1 N–H and O–H groups in total. The van der Waals surface area contributed by atoms with Gasteiger partial charge in [0.25, 0.3) is 0 Å². The van der Waals surface area contributed by atoms with E-state index < -0.39 is 6.10 Å². The van der Waals surface area contributed by atoms with Crippen molar-refractivity contribution in [3.63, 3.8) is 0 Å². The van der Waals surface area contributed by atoms with Crippen molar-refractivity contribution >= 4 is 17.2 Å². The van der Waals surface area contributed by atoms with Crippen molar-refractivity contribution in [1.29, 1.82) is 0 Å². The summed E-state index contributed by atoms with van der Waals surface area (Å²) >= 11 is 6.30. The predicted molar refractivity (Wildman–Crippen MR) is 98.7 cm³/mol. The zero-order valence-corrected chi connectivity index (χ0v) is 14.4. The first-order valence-electron chi connectivity index (χ1n) is 7.98. The maximum atomic E-state index is 10.7. The maximum Gasteiger partial charge on any atom is 0.169 e. The summed E-state index contributed by atoms with van der Waals surface area (Å²) in [5.41, 5.74) is 4.28. The standard InChI is InChI=1S/C20H16ClN3O/c1-13-6-8-14(9-7-13)19(25)15-10-11-18-22-23-20(24(18)12-15)16-4-2-3-5-17(16)21/h2-12,19,25H,1H3. The fourth-order valence-electron chi connectivity index (χ4n) is 2.84. The van der Waals surface area contributed by atoms with Crippen LogP contribution in [0.2, 0.25) is 5.02 Å². The zero-order valence-electron chi connectivity index (χ0n) is 13.6. The molecule has 1 atom stereocenters. The van der Waals surface area contributed by atoms with Gasteiger partial charge in [-0.25, -0.2) is 0 Å². The lowest BCUT2D eigenvalue weighted by atomic mass is 10.0. The first-order valence-corrected chi connectivity index (χ1v) is 8.35. The fourth-order valence-corrected chi connectivity index (χ4v) is 3.06. The number of hydrogen-bond donors (Lipinski definition) is 1. The molecule has 0 spiro atoms. The lowest BCUT2D eigenvalue weighted by Gasteiger charge is -2.12. The summed E-state index contributed by atoms with van der Waals surface area (Å²) in [4.78, 5) is 0. The molecule has 0 bridgehead atoms. The molecular weight excluding hydrogens is 334 g/mol. The van der Waals surface area contributed by atoms with E-state index in [0.717, 1.165) is 22.3 Å². The van der Waals surface area contributed by atoms with E-state index in [1.54, 1.807) is 0 Å². The molecule has 0 aliphatic carbocycles. The summed E-state index contributed by atoms with van der Waals surface area (Å²) in [6, 6.07) is 19.1. The summed E-state index contributed by atoms with van der Waals surface area (Å²) in [6.07, 6.45) is 1.14. The summed E-state index contributed by atoms with van der Waals surface area (Å²) in [5.74, 6) is 0.651. The van der Waals surface area contributed by atoms with Crippen LogP contribution >= 0.6 is 11.6 Å². The van der Waals surface area contributed by atoms with Crippen LogP contribution in [0.25, 0.3) is 17.0 Å². The SMILES string of the molecule is Cc1ccc(C(O)c2ccc3nnc(-c4ccccc4Cl)n3c2)cc1. The van der Waals surface area contributed by atoms with Crippen LogP contribution in [0.15, 0.2) is 66.9 Å². The zero-order chi connectivity index (χ0) is 17.4. The van der Waals surface area contributed by atoms with E-state index in [1.165, 1.54) is 0 Å². The Hall–Kier alpha value is -2.69. The van der Waals surface area contributed by atoms with Crippen LogP contribution in [0.3, 0.4) is 0 Å². The Morgan fingerprint density at radius 3 is 2.40 bits per heavy atom. The lowest BCUT2D eigenvalue weighted by Crippen LogP contribution is -2.02. The molecule has 0 saturated carbocycles. The lowest BCUT2D eigenvalue weighted by molar-refractivity contribution is 0.220. The van der Waals surface area contributed by atoms with Gasteiger partial charge in [-0.2, -0.15) is 0 Å². The quantitative estimate of drug-likeness (QED) is 0.595. The van der Waals surface area contributed by atoms with Crippen molar-refractivity contribution in [2.75, 3.05) is 0 Å². The summed E-state index contributed by atoms with van der Waals surface area (Å²) < 4.78 is 1.86. The topological polar surface area (TPSA) is 50.4 Å². The molecule has 4 aromatic rings. The Labute approximate surface area is 150 Å². The van der Waals surface area contributed by atoms with E-state index >= 15 is 0 Å². The normalized spacial score (nSPS) is 12.4. The minimum absolute atomic E-state index is 0.612. The van der Waals surface area contributed by atoms with Crippen molar-refractivity contribution in [3.8, 4) is 11.4 Å². The van der Waals surface area contributed by atoms with Crippen molar-refractivity contribution in [2.45, 2.75) is 13.0 Å². The fraction of sp³-hybridized carbons (Fsp3) is 0.100. The Bertz CT molecular complexity index is 1040. The van der Waals surface area contributed by atoms with Gasteiger partial charge < -0.3 is 5.11 Å². The van der Waals surface area contributed by atoms with E-state index in [1.807, 2.05) is 78.2 Å². The van der Waals surface area contributed by atoms with E-state index in [-0.39, 0.29) is 0 Å². The smallest absolute Gasteiger partial charge is 0.169 e. The third-order valence-corrected chi connectivity index (χ3v) is 4.58. The molecule has 2 aromatic heterocycles. The number of aryl methyl sites for hydroxylation is 1. The Morgan fingerprint density at radius 2 is 1.64 bits per heavy atom. The maximum absolute atomic E-state index is 10.7. The first kappa shape index (κ1) is 15.8. The van der Waals surface area contributed by atoms with Crippen LogP contribution in [0.4, 0.5) is 0 Å². The number of benzene rings is 2. The van der Waals surface area contributed by atoms with Crippen molar-refractivity contribution in [3.05, 3.63) is 88.6 Å². The summed E-state index contributed by atoms with van der Waals surface area (Å²) in [7, 11) is 0. The highest BCUT2D eigenvalue weighted by Crippen LogP contribution is 2.28. The summed E-state index contributed by atoms with van der Waals surface area (Å²) in [5, 5.41) is 19.8. The molecule has 4 nitrogen and oxygen atoms in total. The molecule has 1 unspecified atom stereocenters. The van der Waals surface area contributed by atoms with Gasteiger partial charge in [0.15, 0.2) is 11.5 Å². The van der Waals surface area contributed by atoms with Crippen LogP contribution in [-0.4, -0.2) is 19.7 Å². The monoisotopic (exact) mass is 349 g/mol. The van der Waals surface area contributed by atoms with Crippen molar-refractivity contribution < 1.29 is 5.11 Å². The highest BCUT2D eigenvalue weighted by atomic mass is 35.5. The second kappa shape index (κ2) is 6.31. The molecule has 0 fully saturated rings. The number of aliphatic hydroxyl groups excluding tert-OH is 1. The molecule has 5 heteroatoms. The third kappa shape index (κ3) is 2.90. The Kier molecular flexibility index (Phi) is 3.99. The van der Waals surface area contributed by atoms with Gasteiger partial charge in [-0.3, -0.25) is 4.40 Å². The number of aliphatic hydroxyl groups is 1. The Morgan fingerprint density at radius 1 is 0.920 bits per heavy atom. The van der Waals surface area contributed by atoms with Crippen LogP contribution < -0.4 is 0 Å². The van der Waals surface area contributed by atoms with Crippen LogP contribution in [0.1, 0.15) is 22.8 Å². The van der Waals surface area contributed by atoms with Gasteiger partial charge in [0, 0.05) is 17.3 Å². The van der Waals surface area contributed by atoms with E-state index in [4.69, 9.17) is 11.6 Å². The second-order valence-corrected chi connectivity index (χ2v) is 6.41. The van der Waals surface area contributed by atoms with E-state index in [2.05, 4.69) is 10.2 Å². The average molecular weight is 350 g/mol. The third-order valence-electron chi connectivity index (χ3n) is 4.25. The van der Waals surface area contributed by atoms with Crippen molar-refractivity contribution in [1.82, 2.24) is 14.6 Å². The van der Waals surface area contributed by atoms with Crippen LogP contribution in [0, 0.1) is 6.92 Å². The number of hydrogen-bond acceptors (Lipinski definition) is 3. The molecular formula is C20H16ClN3O. The number of rotatable bonds is 3. The van der Waals surface area contributed by atoms with Gasteiger partial charge >= 0.3 is 0 Å². The minimum atomic E-state index is -0.716. The van der Waals surface area contributed by atoms with Gasteiger partial charge in [0.05, 0.1) is 5.02 Å². The molecule has 0 amide bonds. The van der Waals surface area contributed by atoms with Gasteiger partial charge in [-0.15, -0.1) is 10.2 Å². The molecule has 2 heterocycles. The number of aromatic nitrogens is 3. The molecule has 4 rings (SSSR count). The molecule has 0 aliphatic heterocycles. The number of pyridine rings is 1. The van der Waals surface area contributed by atoms with Gasteiger partial charge in [0.2, 0.25) is 0 Å². The van der Waals surface area contributed by atoms with Gasteiger partial charge in [0.1, 0.15) is 6.10 Å². The highest BCUT2D eigenvalue weighted by molar-refractivity contribution is 6.33. The number of nitrogens with zero attached hydrogens (tertiary/aromatic N) is 3. The molecule has 25 heavy (non-hydrogen) atoms. The first-order chi connectivity index (χ1) is 12.1. The van der Waals surface area contributed by atoms with Gasteiger partial charge in [-0.05, 0) is 30.7 Å². The predicted octanol–water partition coefficient (Wildman–Crippen LogP) is 4.44. The average Bonchev–Trinajstić information content (AvgIpc) is 3.05. The van der Waals surface area contributed by atoms with E-state index in [9.17, 15) is 5.11 Å².